The van der Waals surface area contributed by atoms with E-state index in [2.05, 4.69) is 23.0 Å². The van der Waals surface area contributed by atoms with Crippen LogP contribution >= 0.6 is 0 Å². The van der Waals surface area contributed by atoms with Gasteiger partial charge in [-0.3, -0.25) is 0 Å². The van der Waals surface area contributed by atoms with Crippen molar-refractivity contribution in [3.8, 4) is 0 Å². The normalized spacial score (nSPS) is 16.0. The summed E-state index contributed by atoms with van der Waals surface area (Å²) in [5, 5.41) is 0. The molecular weight excluding hydrogens is 340 g/mol. The summed E-state index contributed by atoms with van der Waals surface area (Å²) in [6.07, 6.45) is 7.97. The van der Waals surface area contributed by atoms with Gasteiger partial charge in [0.1, 0.15) is 25.5 Å². The van der Waals surface area contributed by atoms with Crippen molar-refractivity contribution in [2.24, 2.45) is 7.05 Å². The first-order valence-corrected chi connectivity index (χ1v) is 9.98. The van der Waals surface area contributed by atoms with E-state index in [0.717, 1.165) is 18.4 Å². The van der Waals surface area contributed by atoms with E-state index in [9.17, 15) is 4.79 Å². The SMILES string of the molecule is CC(C)c1n(CCOC(=O)C(OC2CCCC2)c2ccccc2)cc[n+]1C. The van der Waals surface area contributed by atoms with Crippen LogP contribution in [0.15, 0.2) is 42.7 Å². The van der Waals surface area contributed by atoms with Crippen molar-refractivity contribution in [1.82, 2.24) is 4.57 Å². The lowest BCUT2D eigenvalue weighted by Gasteiger charge is -2.21. The van der Waals surface area contributed by atoms with Gasteiger partial charge < -0.3 is 9.47 Å². The summed E-state index contributed by atoms with van der Waals surface area (Å²) in [7, 11) is 2.04. The molecule has 0 radical (unpaired) electrons. The molecule has 146 valence electrons. The Morgan fingerprint density at radius 3 is 2.59 bits per heavy atom. The third-order valence-electron chi connectivity index (χ3n) is 5.17. The van der Waals surface area contributed by atoms with Gasteiger partial charge in [-0.1, -0.05) is 57.0 Å². The maximum atomic E-state index is 12.8. The molecule has 1 aromatic carbocycles. The Morgan fingerprint density at radius 2 is 1.93 bits per heavy atom. The molecule has 2 aromatic rings. The van der Waals surface area contributed by atoms with Crippen molar-refractivity contribution < 1.29 is 18.8 Å². The monoisotopic (exact) mass is 371 g/mol. The highest BCUT2D eigenvalue weighted by Gasteiger charge is 2.28. The summed E-state index contributed by atoms with van der Waals surface area (Å²) in [6.45, 7) is 5.31. The van der Waals surface area contributed by atoms with Crippen LogP contribution in [-0.4, -0.2) is 23.2 Å². The zero-order valence-electron chi connectivity index (χ0n) is 16.6. The number of ether oxygens (including phenoxy) is 2. The van der Waals surface area contributed by atoms with Gasteiger partial charge in [-0.05, 0) is 18.4 Å². The van der Waals surface area contributed by atoms with E-state index in [1.165, 1.54) is 18.7 Å². The van der Waals surface area contributed by atoms with Gasteiger partial charge in [-0.2, -0.15) is 0 Å². The lowest BCUT2D eigenvalue weighted by atomic mass is 10.1. The number of rotatable bonds is 8. The van der Waals surface area contributed by atoms with E-state index in [0.29, 0.717) is 19.1 Å². The maximum Gasteiger partial charge on any atom is 0.340 e. The third kappa shape index (κ3) is 4.98. The molecule has 1 aliphatic carbocycles. The van der Waals surface area contributed by atoms with Gasteiger partial charge >= 0.3 is 5.97 Å². The minimum absolute atomic E-state index is 0.152. The number of benzene rings is 1. The fraction of sp³-hybridized carbons (Fsp3) is 0.545. The van der Waals surface area contributed by atoms with E-state index in [4.69, 9.17) is 9.47 Å². The van der Waals surface area contributed by atoms with Gasteiger partial charge in [0, 0.05) is 0 Å². The first-order valence-electron chi connectivity index (χ1n) is 9.98. The molecule has 1 saturated carbocycles. The number of esters is 1. The Morgan fingerprint density at radius 1 is 1.22 bits per heavy atom. The molecule has 5 heteroatoms. The van der Waals surface area contributed by atoms with Gasteiger partial charge in [-0.25, -0.2) is 13.9 Å². The highest BCUT2D eigenvalue weighted by molar-refractivity contribution is 5.76. The minimum atomic E-state index is -0.639. The van der Waals surface area contributed by atoms with Gasteiger partial charge in [0.05, 0.1) is 19.1 Å². The van der Waals surface area contributed by atoms with Crippen LogP contribution < -0.4 is 4.57 Å². The molecule has 0 saturated heterocycles. The smallest absolute Gasteiger partial charge is 0.340 e. The summed E-state index contributed by atoms with van der Waals surface area (Å²) in [5.74, 6) is 1.33. The topological polar surface area (TPSA) is 44.3 Å². The Kier molecular flexibility index (Phi) is 6.67. The first-order chi connectivity index (χ1) is 13.1. The van der Waals surface area contributed by atoms with Crippen molar-refractivity contribution in [2.75, 3.05) is 6.61 Å². The molecule has 0 aliphatic heterocycles. The van der Waals surface area contributed by atoms with E-state index in [1.54, 1.807) is 0 Å². The average molecular weight is 372 g/mol. The fourth-order valence-corrected chi connectivity index (χ4v) is 3.90. The molecule has 1 atom stereocenters. The van der Waals surface area contributed by atoms with Gasteiger partial charge in [-0.15, -0.1) is 0 Å². The number of hydrogen-bond donors (Lipinski definition) is 0. The Balaban J connectivity index is 1.62. The molecule has 0 N–H and O–H groups in total. The summed E-state index contributed by atoms with van der Waals surface area (Å²) >= 11 is 0. The zero-order chi connectivity index (χ0) is 19.2. The lowest BCUT2D eigenvalue weighted by Crippen LogP contribution is -2.33. The van der Waals surface area contributed by atoms with Gasteiger partial charge in [0.2, 0.25) is 0 Å². The highest BCUT2D eigenvalue weighted by Crippen LogP contribution is 2.28. The van der Waals surface area contributed by atoms with Crippen molar-refractivity contribution in [3.63, 3.8) is 0 Å². The highest BCUT2D eigenvalue weighted by atomic mass is 16.6. The second-order valence-electron chi connectivity index (χ2n) is 7.62. The standard InChI is InChI=1S/C22H31N2O3/c1-17(2)21-23(3)13-14-24(21)15-16-26-22(25)20(18-9-5-4-6-10-18)27-19-11-7-8-12-19/h4-6,9-10,13-14,17,19-20H,7-8,11-12,15-16H2,1-3H3/q+1. The summed E-state index contributed by atoms with van der Waals surface area (Å²) in [6, 6.07) is 9.68. The number of aryl methyl sites for hydroxylation is 1. The number of carbonyl (C=O) groups is 1. The summed E-state index contributed by atoms with van der Waals surface area (Å²) in [4.78, 5) is 12.8. The van der Waals surface area contributed by atoms with Crippen LogP contribution in [0.25, 0.3) is 0 Å². The molecule has 0 bridgehead atoms. The van der Waals surface area contributed by atoms with Crippen molar-refractivity contribution in [3.05, 3.63) is 54.1 Å². The number of carbonyl (C=O) groups excluding carboxylic acids is 1. The molecule has 3 rings (SSSR count). The number of imidazole rings is 1. The molecule has 5 nitrogen and oxygen atoms in total. The van der Waals surface area contributed by atoms with Crippen LogP contribution in [0.2, 0.25) is 0 Å². The molecule has 0 amide bonds. The molecule has 1 heterocycles. The van der Waals surface area contributed by atoms with Crippen LogP contribution in [-0.2, 0) is 27.9 Å². The number of aromatic nitrogens is 2. The van der Waals surface area contributed by atoms with Crippen LogP contribution in [0.5, 0.6) is 0 Å². The molecular formula is C22H31N2O3+. The van der Waals surface area contributed by atoms with Crippen molar-refractivity contribution in [2.45, 2.75) is 64.2 Å². The Hall–Kier alpha value is -2.14. The van der Waals surface area contributed by atoms with Crippen molar-refractivity contribution >= 4 is 5.97 Å². The molecule has 0 spiro atoms. The Bertz CT molecular complexity index is 733. The third-order valence-corrected chi connectivity index (χ3v) is 5.17. The van der Waals surface area contributed by atoms with E-state index in [-0.39, 0.29) is 12.1 Å². The van der Waals surface area contributed by atoms with E-state index < -0.39 is 6.10 Å². The molecule has 27 heavy (non-hydrogen) atoms. The quantitative estimate of drug-likeness (QED) is 0.525. The maximum absolute atomic E-state index is 12.8. The Labute approximate surface area is 161 Å². The first kappa shape index (κ1) is 19.6. The lowest BCUT2D eigenvalue weighted by molar-refractivity contribution is -0.680. The minimum Gasteiger partial charge on any atom is -0.459 e. The van der Waals surface area contributed by atoms with E-state index in [1.807, 2.05) is 49.8 Å². The zero-order valence-corrected chi connectivity index (χ0v) is 16.6. The molecule has 1 aromatic heterocycles. The van der Waals surface area contributed by atoms with Crippen LogP contribution in [0.1, 0.15) is 62.9 Å². The van der Waals surface area contributed by atoms with Gasteiger partial charge in [0.25, 0.3) is 5.82 Å². The fourth-order valence-electron chi connectivity index (χ4n) is 3.90. The molecule has 1 aliphatic rings. The summed E-state index contributed by atoms with van der Waals surface area (Å²) in [5.41, 5.74) is 0.865. The predicted octanol–water partition coefficient (Wildman–Crippen LogP) is 3.68. The summed E-state index contributed by atoms with van der Waals surface area (Å²) < 4.78 is 16.0. The van der Waals surface area contributed by atoms with Crippen LogP contribution in [0.3, 0.4) is 0 Å². The second-order valence-corrected chi connectivity index (χ2v) is 7.62. The number of nitrogens with zero attached hydrogens (tertiary/aromatic N) is 2. The van der Waals surface area contributed by atoms with Crippen molar-refractivity contribution in [1.29, 1.82) is 0 Å². The average Bonchev–Trinajstić information content (AvgIpc) is 3.30. The second kappa shape index (κ2) is 9.18. The largest absolute Gasteiger partial charge is 0.459 e. The van der Waals surface area contributed by atoms with Gasteiger partial charge in [0.15, 0.2) is 6.10 Å². The van der Waals surface area contributed by atoms with E-state index >= 15 is 0 Å². The molecule has 1 fully saturated rings. The predicted molar refractivity (Wildman–Crippen MR) is 103 cm³/mol. The number of hydrogen-bond acceptors (Lipinski definition) is 3. The van der Waals surface area contributed by atoms with Crippen LogP contribution in [0.4, 0.5) is 0 Å². The van der Waals surface area contributed by atoms with Crippen LogP contribution in [0, 0.1) is 0 Å². The molecule has 1 unspecified atom stereocenters.